The van der Waals surface area contributed by atoms with Crippen LogP contribution >= 0.6 is 0 Å². The molecule has 3 aromatic carbocycles. The maximum Gasteiger partial charge on any atom is 0.165 e. The second kappa shape index (κ2) is 9.38. The molecule has 7 nitrogen and oxygen atoms in total. The summed E-state index contributed by atoms with van der Waals surface area (Å²) in [5, 5.41) is 8.84. The zero-order chi connectivity index (χ0) is 24.3. The number of rotatable bonds is 6. The smallest absolute Gasteiger partial charge is 0.165 e. The van der Waals surface area contributed by atoms with Crippen molar-refractivity contribution in [1.29, 1.82) is 0 Å². The Morgan fingerprint density at radius 2 is 1.47 bits per heavy atom. The van der Waals surface area contributed by atoms with Crippen LogP contribution in [0.1, 0.15) is 11.3 Å². The van der Waals surface area contributed by atoms with Gasteiger partial charge in [0.05, 0.1) is 16.5 Å². The number of aromatic nitrogens is 5. The Kier molecular flexibility index (Phi) is 5.63. The van der Waals surface area contributed by atoms with Gasteiger partial charge in [-0.15, -0.1) is 0 Å². The van der Waals surface area contributed by atoms with Gasteiger partial charge in [-0.1, -0.05) is 78.0 Å². The van der Waals surface area contributed by atoms with E-state index >= 15 is 0 Å². The van der Waals surface area contributed by atoms with Gasteiger partial charge in [-0.2, -0.15) is 0 Å². The molecule has 0 unspecified atom stereocenters. The maximum absolute atomic E-state index is 5.57. The molecular formula is C29H22N6O. The number of fused-ring (bicyclic) bond motifs is 1. The Balaban J connectivity index is 1.48. The fourth-order valence-corrected chi connectivity index (χ4v) is 4.31. The Morgan fingerprint density at radius 1 is 0.750 bits per heavy atom. The van der Waals surface area contributed by atoms with Crippen molar-refractivity contribution in [2.45, 2.75) is 13.5 Å². The number of anilines is 1. The number of nitrogens with zero attached hydrogens (tertiary/aromatic N) is 5. The molecule has 3 heterocycles. The van der Waals surface area contributed by atoms with Crippen LogP contribution in [0.3, 0.4) is 0 Å². The average molecular weight is 471 g/mol. The van der Waals surface area contributed by atoms with Crippen molar-refractivity contribution < 1.29 is 4.52 Å². The lowest BCUT2D eigenvalue weighted by atomic mass is 10.0. The summed E-state index contributed by atoms with van der Waals surface area (Å²) < 4.78 is 5.57. The average Bonchev–Trinajstić information content (AvgIpc) is 3.32. The van der Waals surface area contributed by atoms with Crippen LogP contribution in [0, 0.1) is 6.92 Å². The van der Waals surface area contributed by atoms with E-state index < -0.39 is 0 Å². The summed E-state index contributed by atoms with van der Waals surface area (Å²) in [6.45, 7) is 2.41. The van der Waals surface area contributed by atoms with Gasteiger partial charge in [-0.3, -0.25) is 0 Å². The second-order valence-electron chi connectivity index (χ2n) is 8.37. The van der Waals surface area contributed by atoms with Gasteiger partial charge in [-0.05, 0) is 24.1 Å². The van der Waals surface area contributed by atoms with Crippen molar-refractivity contribution in [2.75, 3.05) is 5.32 Å². The molecule has 0 fully saturated rings. The molecule has 0 aliphatic heterocycles. The zero-order valence-electron chi connectivity index (χ0n) is 19.6. The molecule has 0 saturated carbocycles. The molecule has 0 aliphatic rings. The second-order valence-corrected chi connectivity index (χ2v) is 8.37. The van der Waals surface area contributed by atoms with Crippen LogP contribution in [-0.2, 0) is 6.54 Å². The first-order chi connectivity index (χ1) is 17.8. The summed E-state index contributed by atoms with van der Waals surface area (Å²) in [5.41, 5.74) is 6.53. The molecule has 174 valence electrons. The lowest BCUT2D eigenvalue weighted by Crippen LogP contribution is -2.06. The Bertz CT molecular complexity index is 1630. The van der Waals surface area contributed by atoms with Gasteiger partial charge in [0.25, 0.3) is 0 Å². The van der Waals surface area contributed by atoms with E-state index in [9.17, 15) is 0 Å². The van der Waals surface area contributed by atoms with Crippen LogP contribution in [-0.4, -0.2) is 25.1 Å². The van der Waals surface area contributed by atoms with Crippen LogP contribution in [0.5, 0.6) is 0 Å². The summed E-state index contributed by atoms with van der Waals surface area (Å²) >= 11 is 0. The number of hydrogen-bond donors (Lipinski definition) is 1. The Morgan fingerprint density at radius 3 is 2.22 bits per heavy atom. The predicted octanol–water partition coefficient (Wildman–Crippen LogP) is 6.33. The lowest BCUT2D eigenvalue weighted by molar-refractivity contribution is 0.398. The van der Waals surface area contributed by atoms with Crippen molar-refractivity contribution in [3.05, 3.63) is 109 Å². The molecule has 3 aromatic heterocycles. The summed E-state index contributed by atoms with van der Waals surface area (Å²) in [6.07, 6.45) is 4.93. The fraction of sp³-hybridized carbons (Fsp3) is 0.0690. The highest BCUT2D eigenvalue weighted by atomic mass is 16.5. The molecule has 7 heteroatoms. The van der Waals surface area contributed by atoms with Gasteiger partial charge in [0.1, 0.15) is 23.6 Å². The van der Waals surface area contributed by atoms with Gasteiger partial charge in [0, 0.05) is 30.1 Å². The maximum atomic E-state index is 5.57. The third kappa shape index (κ3) is 4.07. The molecule has 36 heavy (non-hydrogen) atoms. The number of hydrogen-bond acceptors (Lipinski definition) is 7. The first-order valence-electron chi connectivity index (χ1n) is 11.6. The van der Waals surface area contributed by atoms with Gasteiger partial charge < -0.3 is 9.84 Å². The van der Waals surface area contributed by atoms with Crippen LogP contribution in [0.4, 0.5) is 5.82 Å². The molecule has 6 rings (SSSR count). The summed E-state index contributed by atoms with van der Waals surface area (Å²) in [4.78, 5) is 18.1. The normalized spacial score (nSPS) is 11.0. The summed E-state index contributed by atoms with van der Waals surface area (Å²) in [7, 11) is 0. The van der Waals surface area contributed by atoms with E-state index in [2.05, 4.69) is 38.6 Å². The van der Waals surface area contributed by atoms with Gasteiger partial charge in [0.2, 0.25) is 0 Å². The van der Waals surface area contributed by atoms with Crippen LogP contribution < -0.4 is 5.32 Å². The highest BCUT2D eigenvalue weighted by molar-refractivity contribution is 6.02. The first kappa shape index (κ1) is 21.6. The minimum Gasteiger partial charge on any atom is -0.365 e. The van der Waals surface area contributed by atoms with Crippen molar-refractivity contribution in [1.82, 2.24) is 25.1 Å². The summed E-state index contributed by atoms with van der Waals surface area (Å²) in [5.74, 6) is 2.04. The minimum atomic E-state index is 0.486. The minimum absolute atomic E-state index is 0.486. The molecule has 0 saturated heterocycles. The number of nitrogens with one attached hydrogen (secondary N) is 1. The summed E-state index contributed by atoms with van der Waals surface area (Å²) in [6, 6.07) is 26.4. The molecule has 0 radical (unpaired) electrons. The molecule has 6 aromatic rings. The van der Waals surface area contributed by atoms with Crippen LogP contribution in [0.25, 0.3) is 44.7 Å². The molecule has 0 atom stereocenters. The zero-order valence-corrected chi connectivity index (χ0v) is 19.6. The van der Waals surface area contributed by atoms with E-state index in [1.54, 1.807) is 12.4 Å². The van der Waals surface area contributed by atoms with E-state index in [1.807, 2.05) is 67.6 Å². The van der Waals surface area contributed by atoms with E-state index in [0.717, 1.165) is 56.0 Å². The molecule has 0 bridgehead atoms. The largest absolute Gasteiger partial charge is 0.365 e. The lowest BCUT2D eigenvalue weighted by Gasteiger charge is -2.14. The molecule has 0 amide bonds. The van der Waals surface area contributed by atoms with Gasteiger partial charge >= 0.3 is 0 Å². The van der Waals surface area contributed by atoms with E-state index in [1.165, 1.54) is 6.33 Å². The molecular weight excluding hydrogens is 448 g/mol. The third-order valence-corrected chi connectivity index (χ3v) is 6.09. The van der Waals surface area contributed by atoms with E-state index in [4.69, 9.17) is 14.5 Å². The topological polar surface area (TPSA) is 89.6 Å². The van der Waals surface area contributed by atoms with Crippen molar-refractivity contribution >= 4 is 16.7 Å². The predicted molar refractivity (Wildman–Crippen MR) is 140 cm³/mol. The SMILES string of the molecule is Cc1onc(-c2ccccc2)c1CNc1nc(-c2cncnc2)nc2cccc(-c3ccccc3)c12. The van der Waals surface area contributed by atoms with Crippen LogP contribution in [0.2, 0.25) is 0 Å². The first-order valence-corrected chi connectivity index (χ1v) is 11.6. The highest BCUT2D eigenvalue weighted by Gasteiger charge is 2.18. The van der Waals surface area contributed by atoms with Gasteiger partial charge in [-0.25, -0.2) is 19.9 Å². The molecule has 0 spiro atoms. The monoisotopic (exact) mass is 470 g/mol. The van der Waals surface area contributed by atoms with Gasteiger partial charge in [0.15, 0.2) is 5.82 Å². The molecule has 1 N–H and O–H groups in total. The number of benzene rings is 3. The highest BCUT2D eigenvalue weighted by Crippen LogP contribution is 2.34. The van der Waals surface area contributed by atoms with Crippen LogP contribution in [0.15, 0.2) is 102 Å². The van der Waals surface area contributed by atoms with Crippen molar-refractivity contribution in [3.8, 4) is 33.8 Å². The standard InChI is InChI=1S/C29H22N6O/c1-19-24(27(35-36-19)21-11-6-3-7-12-21)17-32-29-26-23(20-9-4-2-5-10-20)13-8-14-25(26)33-28(34-29)22-15-30-18-31-16-22/h2-16,18H,17H2,1H3,(H,32,33,34). The van der Waals surface area contributed by atoms with E-state index in [-0.39, 0.29) is 0 Å². The Hall–Kier alpha value is -4.91. The van der Waals surface area contributed by atoms with E-state index in [0.29, 0.717) is 12.4 Å². The third-order valence-electron chi connectivity index (χ3n) is 6.09. The number of aryl methyl sites for hydroxylation is 1. The van der Waals surface area contributed by atoms with Crippen molar-refractivity contribution in [2.24, 2.45) is 0 Å². The Labute approximate surface area is 207 Å². The quantitative estimate of drug-likeness (QED) is 0.304. The van der Waals surface area contributed by atoms with Crippen molar-refractivity contribution in [3.63, 3.8) is 0 Å². The fourth-order valence-electron chi connectivity index (χ4n) is 4.31. The molecule has 0 aliphatic carbocycles.